The third kappa shape index (κ3) is 2.69. The number of nitrogens with one attached hydrogen (secondary N) is 1. The molecule has 2 N–H and O–H groups in total. The van der Waals surface area contributed by atoms with Gasteiger partial charge in [0.25, 0.3) is 0 Å². The first-order valence-corrected chi connectivity index (χ1v) is 5.97. The zero-order chi connectivity index (χ0) is 10.7. The molecule has 2 heterocycles. The van der Waals surface area contributed by atoms with Crippen molar-refractivity contribution in [1.82, 2.24) is 10.2 Å². The number of carbonyl (C=O) groups excluding carboxylic acids is 1. The molecule has 15 heavy (non-hydrogen) atoms. The molecule has 1 amide bonds. The van der Waals surface area contributed by atoms with Crippen LogP contribution in [-0.2, 0) is 4.79 Å². The van der Waals surface area contributed by atoms with Crippen LogP contribution in [0.1, 0.15) is 32.1 Å². The molecule has 0 aromatic rings. The van der Waals surface area contributed by atoms with Gasteiger partial charge >= 0.3 is 0 Å². The van der Waals surface area contributed by atoms with Crippen molar-refractivity contribution in [2.45, 2.75) is 44.2 Å². The quantitative estimate of drug-likeness (QED) is 0.649. The molecule has 0 radical (unpaired) electrons. The summed E-state index contributed by atoms with van der Waals surface area (Å²) in [5.41, 5.74) is 0. The summed E-state index contributed by atoms with van der Waals surface area (Å²) in [7, 11) is 0. The van der Waals surface area contributed by atoms with E-state index in [9.17, 15) is 9.90 Å². The molecule has 86 valence electrons. The molecule has 2 rings (SSSR count). The highest BCUT2D eigenvalue weighted by Crippen LogP contribution is 2.14. The predicted molar refractivity (Wildman–Crippen MR) is 57.5 cm³/mol. The number of hydrogen-bond donors (Lipinski definition) is 2. The molecule has 4 heteroatoms. The average molecular weight is 212 g/mol. The van der Waals surface area contributed by atoms with E-state index in [4.69, 9.17) is 0 Å². The van der Waals surface area contributed by atoms with Crippen LogP contribution in [0.5, 0.6) is 0 Å². The Morgan fingerprint density at radius 1 is 1.20 bits per heavy atom. The molecule has 2 unspecified atom stereocenters. The largest absolute Gasteiger partial charge is 0.392 e. The number of rotatable bonds is 1. The molecule has 2 aliphatic rings. The van der Waals surface area contributed by atoms with Gasteiger partial charge in [0, 0.05) is 19.6 Å². The highest BCUT2D eigenvalue weighted by molar-refractivity contribution is 5.82. The van der Waals surface area contributed by atoms with Crippen LogP contribution in [0.4, 0.5) is 0 Å². The number of β-amino-alcohol motifs (C(OH)–C–C–N with tert-alkyl or cyclic N) is 1. The maximum atomic E-state index is 12.1. The van der Waals surface area contributed by atoms with Crippen LogP contribution in [0.3, 0.4) is 0 Å². The first kappa shape index (κ1) is 10.9. The first-order valence-electron chi connectivity index (χ1n) is 5.97. The van der Waals surface area contributed by atoms with Crippen molar-refractivity contribution in [2.24, 2.45) is 0 Å². The molecule has 0 aromatic carbocycles. The van der Waals surface area contributed by atoms with E-state index in [0.29, 0.717) is 13.0 Å². The predicted octanol–water partition coefficient (Wildman–Crippen LogP) is 0.112. The molecule has 0 bridgehead atoms. The van der Waals surface area contributed by atoms with Crippen molar-refractivity contribution < 1.29 is 9.90 Å². The number of hydrogen-bond acceptors (Lipinski definition) is 3. The van der Waals surface area contributed by atoms with Gasteiger partial charge in [-0.05, 0) is 19.3 Å². The van der Waals surface area contributed by atoms with Gasteiger partial charge in [-0.25, -0.2) is 0 Å². The van der Waals surface area contributed by atoms with E-state index < -0.39 is 0 Å². The molecular weight excluding hydrogens is 192 g/mol. The van der Waals surface area contributed by atoms with Gasteiger partial charge in [0.1, 0.15) is 0 Å². The fraction of sp³-hybridized carbons (Fsp3) is 0.909. The summed E-state index contributed by atoms with van der Waals surface area (Å²) in [5, 5.41) is 12.5. The Morgan fingerprint density at radius 2 is 1.87 bits per heavy atom. The van der Waals surface area contributed by atoms with Crippen LogP contribution in [-0.4, -0.2) is 47.7 Å². The lowest BCUT2D eigenvalue weighted by Crippen LogP contribution is -2.43. The average Bonchev–Trinajstić information content (AvgIpc) is 2.53. The van der Waals surface area contributed by atoms with Gasteiger partial charge in [0.2, 0.25) is 5.91 Å². The van der Waals surface area contributed by atoms with Crippen LogP contribution in [0, 0.1) is 0 Å². The van der Waals surface area contributed by atoms with Gasteiger partial charge in [-0.2, -0.15) is 0 Å². The number of likely N-dealkylation sites (tertiary alicyclic amines) is 1. The molecular formula is C11H20N2O2. The highest BCUT2D eigenvalue weighted by Gasteiger charge is 2.31. The van der Waals surface area contributed by atoms with Crippen LogP contribution in [0.15, 0.2) is 0 Å². The Labute approximate surface area is 90.6 Å². The molecule has 2 atom stereocenters. The monoisotopic (exact) mass is 212 g/mol. The van der Waals surface area contributed by atoms with Crippen LogP contribution in [0.25, 0.3) is 0 Å². The second kappa shape index (κ2) is 4.94. The number of nitrogens with zero attached hydrogens (tertiary/aromatic N) is 1. The second-order valence-electron chi connectivity index (χ2n) is 4.59. The lowest BCUT2D eigenvalue weighted by molar-refractivity contribution is -0.133. The van der Waals surface area contributed by atoms with Gasteiger partial charge in [0.15, 0.2) is 0 Å². The third-order valence-corrected chi connectivity index (χ3v) is 3.32. The van der Waals surface area contributed by atoms with Crippen molar-refractivity contribution in [3.05, 3.63) is 0 Å². The summed E-state index contributed by atoms with van der Waals surface area (Å²) in [6.45, 7) is 2.35. The number of amides is 1. The SMILES string of the molecule is O=C(C1CC(O)CN1)N1CCCCCC1. The summed E-state index contributed by atoms with van der Waals surface area (Å²) in [5.74, 6) is 0.188. The molecule has 2 aliphatic heterocycles. The van der Waals surface area contributed by atoms with Crippen LogP contribution in [0.2, 0.25) is 0 Å². The van der Waals surface area contributed by atoms with Crippen LogP contribution < -0.4 is 5.32 Å². The van der Waals surface area contributed by atoms with Gasteiger partial charge in [-0.1, -0.05) is 12.8 Å². The molecule has 2 saturated heterocycles. The minimum atomic E-state index is -0.342. The van der Waals surface area contributed by atoms with Crippen molar-refractivity contribution in [1.29, 1.82) is 0 Å². The van der Waals surface area contributed by atoms with E-state index >= 15 is 0 Å². The lowest BCUT2D eigenvalue weighted by Gasteiger charge is -2.23. The first-order chi connectivity index (χ1) is 7.27. The Hall–Kier alpha value is -0.610. The van der Waals surface area contributed by atoms with Gasteiger partial charge < -0.3 is 15.3 Å². The zero-order valence-electron chi connectivity index (χ0n) is 9.11. The fourth-order valence-electron chi connectivity index (χ4n) is 2.42. The highest BCUT2D eigenvalue weighted by atomic mass is 16.3. The molecule has 0 aromatic heterocycles. The topological polar surface area (TPSA) is 52.6 Å². The smallest absolute Gasteiger partial charge is 0.239 e. The normalized spacial score (nSPS) is 32.7. The minimum absolute atomic E-state index is 0.141. The van der Waals surface area contributed by atoms with Crippen molar-refractivity contribution in [3.8, 4) is 0 Å². The zero-order valence-corrected chi connectivity index (χ0v) is 9.11. The number of aliphatic hydroxyl groups is 1. The summed E-state index contributed by atoms with van der Waals surface area (Å²) in [6.07, 6.45) is 4.97. The van der Waals surface area contributed by atoms with Gasteiger partial charge in [-0.15, -0.1) is 0 Å². The maximum absolute atomic E-state index is 12.1. The fourth-order valence-corrected chi connectivity index (χ4v) is 2.42. The van der Waals surface area contributed by atoms with E-state index in [0.717, 1.165) is 25.9 Å². The second-order valence-corrected chi connectivity index (χ2v) is 4.59. The molecule has 2 fully saturated rings. The summed E-state index contributed by atoms with van der Waals surface area (Å²) >= 11 is 0. The van der Waals surface area contributed by atoms with E-state index in [-0.39, 0.29) is 18.1 Å². The van der Waals surface area contributed by atoms with E-state index in [2.05, 4.69) is 5.32 Å². The standard InChI is InChI=1S/C11H20N2O2/c14-9-7-10(12-8-9)11(15)13-5-3-1-2-4-6-13/h9-10,12,14H,1-8H2. The van der Waals surface area contributed by atoms with Crippen molar-refractivity contribution >= 4 is 5.91 Å². The Bertz CT molecular complexity index is 225. The maximum Gasteiger partial charge on any atom is 0.239 e. The molecule has 0 spiro atoms. The lowest BCUT2D eigenvalue weighted by atomic mass is 10.2. The molecule has 0 saturated carbocycles. The van der Waals surface area contributed by atoms with Gasteiger partial charge in [-0.3, -0.25) is 4.79 Å². The Balaban J connectivity index is 1.88. The minimum Gasteiger partial charge on any atom is -0.392 e. The molecule has 0 aliphatic carbocycles. The van der Waals surface area contributed by atoms with Crippen LogP contribution >= 0.6 is 0 Å². The number of aliphatic hydroxyl groups excluding tert-OH is 1. The van der Waals surface area contributed by atoms with Crippen molar-refractivity contribution in [3.63, 3.8) is 0 Å². The summed E-state index contributed by atoms with van der Waals surface area (Å²) in [6, 6.07) is -0.141. The van der Waals surface area contributed by atoms with Crippen molar-refractivity contribution in [2.75, 3.05) is 19.6 Å². The summed E-state index contributed by atoms with van der Waals surface area (Å²) in [4.78, 5) is 14.0. The van der Waals surface area contributed by atoms with E-state index in [1.54, 1.807) is 0 Å². The van der Waals surface area contributed by atoms with E-state index in [1.807, 2.05) is 4.90 Å². The third-order valence-electron chi connectivity index (χ3n) is 3.32. The molecule has 4 nitrogen and oxygen atoms in total. The Morgan fingerprint density at radius 3 is 2.40 bits per heavy atom. The van der Waals surface area contributed by atoms with Gasteiger partial charge in [0.05, 0.1) is 12.1 Å². The van der Waals surface area contributed by atoms with E-state index in [1.165, 1.54) is 12.8 Å². The number of carbonyl (C=O) groups is 1. The Kier molecular flexibility index (Phi) is 3.59. The summed E-state index contributed by atoms with van der Waals surface area (Å²) < 4.78 is 0.